The zero-order valence-corrected chi connectivity index (χ0v) is 15.5. The summed E-state index contributed by atoms with van der Waals surface area (Å²) in [4.78, 5) is 24.4. The van der Waals surface area contributed by atoms with Crippen LogP contribution in [-0.2, 0) is 9.59 Å². The topological polar surface area (TPSA) is 93.5 Å². The summed E-state index contributed by atoms with van der Waals surface area (Å²) in [5.41, 5.74) is 0.990. The Hall–Kier alpha value is -2.48. The molecule has 2 amide bonds. The van der Waals surface area contributed by atoms with E-state index in [0.29, 0.717) is 18.2 Å². The molecular weight excluding hydrogens is 354 g/mol. The van der Waals surface area contributed by atoms with Crippen LogP contribution in [0.5, 0.6) is 5.75 Å². The van der Waals surface area contributed by atoms with Gasteiger partial charge in [0.05, 0.1) is 23.7 Å². The molecule has 8 heteroatoms. The van der Waals surface area contributed by atoms with E-state index in [-0.39, 0.29) is 28.9 Å². The van der Waals surface area contributed by atoms with Gasteiger partial charge in [-0.2, -0.15) is 0 Å². The molecule has 1 aromatic carbocycles. The highest BCUT2D eigenvalue weighted by Crippen LogP contribution is 2.31. The average Bonchev–Trinajstić information content (AvgIpc) is 3.04. The minimum atomic E-state index is -0.389. The molecule has 0 spiro atoms. The van der Waals surface area contributed by atoms with Gasteiger partial charge in [0.25, 0.3) is 0 Å². The van der Waals surface area contributed by atoms with E-state index in [4.69, 9.17) is 9.26 Å². The number of thioether (sulfide) groups is 1. The Balaban J connectivity index is 1.47. The number of para-hydroxylation sites is 1. The normalized spacial score (nSPS) is 16.9. The van der Waals surface area contributed by atoms with Gasteiger partial charge in [0.2, 0.25) is 11.8 Å². The lowest BCUT2D eigenvalue weighted by Gasteiger charge is -2.26. The van der Waals surface area contributed by atoms with Crippen molar-refractivity contribution in [2.45, 2.75) is 31.6 Å². The molecule has 1 aliphatic rings. The molecule has 0 radical (unpaired) electrons. The molecule has 26 heavy (non-hydrogen) atoms. The Bertz CT molecular complexity index is 792. The molecule has 1 aromatic heterocycles. The van der Waals surface area contributed by atoms with Crippen LogP contribution in [0.25, 0.3) is 0 Å². The summed E-state index contributed by atoms with van der Waals surface area (Å²) in [6.07, 6.45) is 0.731. The summed E-state index contributed by atoms with van der Waals surface area (Å²) < 4.78 is 10.5. The Morgan fingerprint density at radius 1 is 1.38 bits per heavy atom. The quantitative estimate of drug-likeness (QED) is 0.806. The molecule has 0 bridgehead atoms. The van der Waals surface area contributed by atoms with E-state index in [1.54, 1.807) is 19.9 Å². The molecule has 1 aliphatic heterocycles. The van der Waals surface area contributed by atoms with E-state index in [0.717, 1.165) is 17.7 Å². The standard InChI is InChI=1S/C18H21N3O4S/c1-11-9-16(21-25-11)20-18(23)12(2)26-10-17(22)19-14-7-8-24-15-6-4-3-5-13(14)15/h3-6,9,12,14H,7-8,10H2,1-2H3,(H,19,22)(H,20,21,23)/t12-,14+/m0/s1. The van der Waals surface area contributed by atoms with Crippen LogP contribution in [0.1, 0.15) is 30.7 Å². The summed E-state index contributed by atoms with van der Waals surface area (Å²) in [5, 5.41) is 9.03. The van der Waals surface area contributed by atoms with Crippen LogP contribution in [0.2, 0.25) is 0 Å². The number of carbonyl (C=O) groups is 2. The molecule has 2 aromatic rings. The van der Waals surface area contributed by atoms with Crippen LogP contribution >= 0.6 is 11.8 Å². The Morgan fingerprint density at radius 2 is 2.19 bits per heavy atom. The zero-order chi connectivity index (χ0) is 18.5. The lowest BCUT2D eigenvalue weighted by molar-refractivity contribution is -0.119. The van der Waals surface area contributed by atoms with E-state index >= 15 is 0 Å². The number of carbonyl (C=O) groups excluding carboxylic acids is 2. The predicted octanol–water partition coefficient (Wildman–Crippen LogP) is 2.68. The van der Waals surface area contributed by atoms with Crippen LogP contribution in [-0.4, -0.2) is 34.6 Å². The van der Waals surface area contributed by atoms with Crippen molar-refractivity contribution in [1.29, 1.82) is 0 Å². The van der Waals surface area contributed by atoms with Gasteiger partial charge >= 0.3 is 0 Å². The third kappa shape index (κ3) is 4.57. The molecule has 2 heterocycles. The number of hydrogen-bond acceptors (Lipinski definition) is 6. The highest BCUT2D eigenvalue weighted by Gasteiger charge is 2.23. The first-order valence-electron chi connectivity index (χ1n) is 8.40. The Labute approximate surface area is 155 Å². The van der Waals surface area contributed by atoms with E-state index in [1.807, 2.05) is 24.3 Å². The first kappa shape index (κ1) is 18.3. The van der Waals surface area contributed by atoms with Gasteiger partial charge in [0.1, 0.15) is 11.5 Å². The van der Waals surface area contributed by atoms with Crippen molar-refractivity contribution in [3.8, 4) is 5.75 Å². The number of nitrogens with zero attached hydrogens (tertiary/aromatic N) is 1. The summed E-state index contributed by atoms with van der Waals surface area (Å²) in [6, 6.07) is 9.29. The van der Waals surface area contributed by atoms with Crippen molar-refractivity contribution >= 4 is 29.4 Å². The number of amides is 2. The second-order valence-electron chi connectivity index (χ2n) is 6.06. The average molecular weight is 375 g/mol. The monoisotopic (exact) mass is 375 g/mol. The summed E-state index contributed by atoms with van der Waals surface area (Å²) >= 11 is 1.27. The molecule has 0 saturated heterocycles. The number of hydrogen-bond donors (Lipinski definition) is 2. The fourth-order valence-corrected chi connectivity index (χ4v) is 3.35. The fraction of sp³-hybridized carbons (Fsp3) is 0.389. The van der Waals surface area contributed by atoms with Gasteiger partial charge in [-0.1, -0.05) is 23.4 Å². The minimum Gasteiger partial charge on any atom is -0.493 e. The number of nitrogens with one attached hydrogen (secondary N) is 2. The lowest BCUT2D eigenvalue weighted by Crippen LogP contribution is -2.34. The fourth-order valence-electron chi connectivity index (χ4n) is 2.66. The predicted molar refractivity (Wildman–Crippen MR) is 99.2 cm³/mol. The van der Waals surface area contributed by atoms with Crippen LogP contribution in [0.15, 0.2) is 34.9 Å². The highest BCUT2D eigenvalue weighted by atomic mass is 32.2. The lowest BCUT2D eigenvalue weighted by atomic mass is 10.0. The number of aromatic nitrogens is 1. The number of benzene rings is 1. The molecule has 2 N–H and O–H groups in total. The van der Waals surface area contributed by atoms with Crippen LogP contribution in [0.3, 0.4) is 0 Å². The SMILES string of the molecule is Cc1cc(NC(=O)[C@H](C)SCC(=O)N[C@@H]2CCOc3ccccc32)no1. The molecule has 0 saturated carbocycles. The van der Waals surface area contributed by atoms with Crippen LogP contribution in [0, 0.1) is 6.92 Å². The largest absolute Gasteiger partial charge is 0.493 e. The third-order valence-electron chi connectivity index (χ3n) is 4.01. The maximum atomic E-state index is 12.3. The van der Waals surface area contributed by atoms with Gasteiger partial charge in [0.15, 0.2) is 5.82 Å². The number of aryl methyl sites for hydroxylation is 1. The summed E-state index contributed by atoms with van der Waals surface area (Å²) in [5.74, 6) is 1.69. The smallest absolute Gasteiger partial charge is 0.238 e. The molecular formula is C18H21N3O4S. The molecule has 3 rings (SSSR count). The second kappa shape index (κ2) is 8.27. The van der Waals surface area contributed by atoms with Gasteiger partial charge in [-0.25, -0.2) is 0 Å². The van der Waals surface area contributed by atoms with Crippen molar-refractivity contribution in [2.75, 3.05) is 17.7 Å². The summed E-state index contributed by atoms with van der Waals surface area (Å²) in [7, 11) is 0. The van der Waals surface area contributed by atoms with Gasteiger partial charge in [0, 0.05) is 18.1 Å². The third-order valence-corrected chi connectivity index (χ3v) is 5.15. The van der Waals surface area contributed by atoms with Crippen LogP contribution in [0.4, 0.5) is 5.82 Å². The maximum Gasteiger partial charge on any atom is 0.238 e. The van der Waals surface area contributed by atoms with E-state index in [1.165, 1.54) is 11.8 Å². The van der Waals surface area contributed by atoms with Crippen molar-refractivity contribution in [1.82, 2.24) is 10.5 Å². The van der Waals surface area contributed by atoms with Gasteiger partial charge < -0.3 is 19.9 Å². The number of anilines is 1. The van der Waals surface area contributed by atoms with Crippen molar-refractivity contribution < 1.29 is 18.8 Å². The molecule has 0 fully saturated rings. The molecule has 7 nitrogen and oxygen atoms in total. The number of fused-ring (bicyclic) bond motifs is 1. The number of ether oxygens (including phenoxy) is 1. The molecule has 2 atom stereocenters. The van der Waals surface area contributed by atoms with Crippen molar-refractivity contribution in [2.24, 2.45) is 0 Å². The Kier molecular flexibility index (Phi) is 5.82. The minimum absolute atomic E-state index is 0.0599. The van der Waals surface area contributed by atoms with Crippen LogP contribution < -0.4 is 15.4 Å². The zero-order valence-electron chi connectivity index (χ0n) is 14.7. The maximum absolute atomic E-state index is 12.3. The van der Waals surface area contributed by atoms with E-state index < -0.39 is 0 Å². The van der Waals surface area contributed by atoms with E-state index in [9.17, 15) is 9.59 Å². The highest BCUT2D eigenvalue weighted by molar-refractivity contribution is 8.01. The van der Waals surface area contributed by atoms with Crippen molar-refractivity contribution in [3.05, 3.63) is 41.7 Å². The first-order valence-corrected chi connectivity index (χ1v) is 9.44. The van der Waals surface area contributed by atoms with Gasteiger partial charge in [-0.05, 0) is 19.9 Å². The van der Waals surface area contributed by atoms with E-state index in [2.05, 4.69) is 15.8 Å². The van der Waals surface area contributed by atoms with Gasteiger partial charge in [-0.3, -0.25) is 9.59 Å². The first-order chi connectivity index (χ1) is 12.5. The van der Waals surface area contributed by atoms with Gasteiger partial charge in [-0.15, -0.1) is 11.8 Å². The second-order valence-corrected chi connectivity index (χ2v) is 7.39. The number of rotatable bonds is 6. The molecule has 138 valence electrons. The Morgan fingerprint density at radius 3 is 2.96 bits per heavy atom. The summed E-state index contributed by atoms with van der Waals surface area (Å²) in [6.45, 7) is 4.08. The molecule has 0 aliphatic carbocycles. The molecule has 0 unspecified atom stereocenters. The van der Waals surface area contributed by atoms with Crippen molar-refractivity contribution in [3.63, 3.8) is 0 Å².